The number of halogens is 5. The lowest BCUT2D eigenvalue weighted by molar-refractivity contribution is 0.139. The number of amides is 1. The summed E-state index contributed by atoms with van der Waals surface area (Å²) in [7, 11) is -4.51. The second-order valence-corrected chi connectivity index (χ2v) is 11.9. The lowest BCUT2D eigenvalue weighted by atomic mass is 10.0. The molecule has 0 saturated carbocycles. The maximum atomic E-state index is 15.0. The molecule has 4 rings (SSSR count). The van der Waals surface area contributed by atoms with Gasteiger partial charge in [-0.1, -0.05) is 41.4 Å². The van der Waals surface area contributed by atoms with Gasteiger partial charge in [-0.3, -0.25) is 4.31 Å². The third-order valence-corrected chi connectivity index (χ3v) is 8.78. The van der Waals surface area contributed by atoms with Crippen LogP contribution in [0.15, 0.2) is 89.8 Å². The number of rotatable bonds is 10. The predicted molar refractivity (Wildman–Crippen MR) is 156 cm³/mol. The van der Waals surface area contributed by atoms with Gasteiger partial charge in [0.25, 0.3) is 10.0 Å². The molecule has 12 heteroatoms. The van der Waals surface area contributed by atoms with Crippen LogP contribution in [-0.2, 0) is 27.8 Å². The highest BCUT2D eigenvalue weighted by Crippen LogP contribution is 2.37. The van der Waals surface area contributed by atoms with Gasteiger partial charge in [0.2, 0.25) is 0 Å². The van der Waals surface area contributed by atoms with E-state index in [1.54, 1.807) is 12.1 Å². The Morgan fingerprint density at radius 2 is 1.48 bits per heavy atom. The Bertz CT molecular complexity index is 1670. The van der Waals surface area contributed by atoms with E-state index in [9.17, 15) is 22.0 Å². The highest BCUT2D eigenvalue weighted by Gasteiger charge is 2.34. The Kier molecular flexibility index (Phi) is 10.0. The van der Waals surface area contributed by atoms with E-state index in [-0.39, 0.29) is 27.6 Å². The van der Waals surface area contributed by atoms with Crippen molar-refractivity contribution in [2.75, 3.05) is 10.8 Å². The van der Waals surface area contributed by atoms with E-state index < -0.39 is 51.9 Å². The summed E-state index contributed by atoms with van der Waals surface area (Å²) >= 11 is 11.8. The van der Waals surface area contributed by atoms with E-state index in [0.29, 0.717) is 15.7 Å². The van der Waals surface area contributed by atoms with Crippen LogP contribution in [0.3, 0.4) is 0 Å². The first-order valence-corrected chi connectivity index (χ1v) is 14.8. The van der Waals surface area contributed by atoms with Crippen molar-refractivity contribution >= 4 is 45.0 Å². The fourth-order valence-corrected chi connectivity index (χ4v) is 6.20. The number of carbonyl (C=O) groups excluding carboxylic acids is 1. The van der Waals surface area contributed by atoms with Gasteiger partial charge in [-0.25, -0.2) is 26.4 Å². The van der Waals surface area contributed by atoms with Crippen molar-refractivity contribution < 1.29 is 31.1 Å². The molecule has 0 aliphatic carbocycles. The second-order valence-electron chi connectivity index (χ2n) is 9.25. The number of benzene rings is 4. The second kappa shape index (κ2) is 13.5. The monoisotopic (exact) mass is 636 g/mol. The van der Waals surface area contributed by atoms with E-state index in [0.717, 1.165) is 35.9 Å². The zero-order chi connectivity index (χ0) is 30.4. The summed E-state index contributed by atoms with van der Waals surface area (Å²) in [6, 6.07) is 17.0. The molecule has 0 saturated heterocycles. The molecule has 6 nitrogen and oxygen atoms in total. The van der Waals surface area contributed by atoms with Crippen LogP contribution in [0.5, 0.6) is 0 Å². The molecular weight excluding hydrogens is 612 g/mol. The standard InChI is InChI=1S/C30H25Cl2F3N2O4S/c1-19(37(29-17-25(34)9-13-28(29)35)42(39,40)26-10-6-23(32)7-11-26)27-12-8-24(33)16-21(27)18-41-30(38)36-15-14-20-2-4-22(31)5-3-20/h2-13,16-17,19H,14-15,18H2,1H3,(H,36,38)/t19-/m1/s1. The molecular formula is C30H25Cl2F3N2O4S. The minimum Gasteiger partial charge on any atom is -0.445 e. The molecule has 0 spiro atoms. The van der Waals surface area contributed by atoms with E-state index >= 15 is 4.39 Å². The molecule has 0 aliphatic rings. The van der Waals surface area contributed by atoms with Crippen LogP contribution in [0.4, 0.5) is 23.7 Å². The third-order valence-electron chi connectivity index (χ3n) is 6.38. The van der Waals surface area contributed by atoms with Gasteiger partial charge in [0.15, 0.2) is 0 Å². The van der Waals surface area contributed by atoms with Crippen molar-refractivity contribution in [2.24, 2.45) is 0 Å². The van der Waals surface area contributed by atoms with Gasteiger partial charge in [0.1, 0.15) is 24.1 Å². The quantitative estimate of drug-likeness (QED) is 0.192. The minimum atomic E-state index is -4.51. The van der Waals surface area contributed by atoms with E-state index in [4.69, 9.17) is 27.9 Å². The summed E-state index contributed by atoms with van der Waals surface area (Å²) < 4.78 is 77.3. The first-order valence-electron chi connectivity index (χ1n) is 12.6. The largest absolute Gasteiger partial charge is 0.445 e. The van der Waals surface area contributed by atoms with Gasteiger partial charge in [0.05, 0.1) is 16.6 Å². The number of hydrogen-bond donors (Lipinski definition) is 1. The van der Waals surface area contributed by atoms with E-state index in [1.165, 1.54) is 37.3 Å². The van der Waals surface area contributed by atoms with Crippen LogP contribution in [0.25, 0.3) is 0 Å². The van der Waals surface area contributed by atoms with Crippen LogP contribution in [0.2, 0.25) is 10.0 Å². The Hall–Kier alpha value is -3.73. The van der Waals surface area contributed by atoms with Crippen LogP contribution < -0.4 is 9.62 Å². The van der Waals surface area contributed by atoms with Crippen LogP contribution in [-0.4, -0.2) is 21.1 Å². The summed E-state index contributed by atoms with van der Waals surface area (Å²) in [5.41, 5.74) is 0.705. The first kappa shape index (κ1) is 31.2. The number of nitrogens with zero attached hydrogens (tertiary/aromatic N) is 1. The van der Waals surface area contributed by atoms with Gasteiger partial charge >= 0.3 is 6.09 Å². The van der Waals surface area contributed by atoms with Gasteiger partial charge in [-0.2, -0.15) is 0 Å². The lowest BCUT2D eigenvalue weighted by Crippen LogP contribution is -2.35. The summed E-state index contributed by atoms with van der Waals surface area (Å²) in [5.74, 6) is -2.54. The van der Waals surface area contributed by atoms with Crippen LogP contribution in [0.1, 0.15) is 29.7 Å². The number of sulfonamides is 1. The van der Waals surface area contributed by atoms with Crippen LogP contribution >= 0.6 is 23.2 Å². The van der Waals surface area contributed by atoms with Gasteiger partial charge < -0.3 is 10.1 Å². The molecule has 0 heterocycles. The average Bonchev–Trinajstić information content (AvgIpc) is 2.95. The average molecular weight is 638 g/mol. The van der Waals surface area contributed by atoms with Crippen molar-refractivity contribution in [2.45, 2.75) is 30.9 Å². The molecule has 1 N–H and O–H groups in total. The summed E-state index contributed by atoms with van der Waals surface area (Å²) in [6.07, 6.45) is -0.278. The van der Waals surface area contributed by atoms with Crippen molar-refractivity contribution in [3.63, 3.8) is 0 Å². The first-order chi connectivity index (χ1) is 20.0. The molecule has 4 aromatic carbocycles. The number of carbonyl (C=O) groups is 1. The fourth-order valence-electron chi connectivity index (χ4n) is 4.31. The Morgan fingerprint density at radius 1 is 0.881 bits per heavy atom. The summed E-state index contributed by atoms with van der Waals surface area (Å²) in [4.78, 5) is 12.1. The van der Waals surface area contributed by atoms with Crippen molar-refractivity contribution in [1.29, 1.82) is 0 Å². The molecule has 0 bridgehead atoms. The maximum absolute atomic E-state index is 15.0. The number of ether oxygens (including phenoxy) is 1. The Labute approximate surface area is 251 Å². The molecule has 4 aromatic rings. The lowest BCUT2D eigenvalue weighted by Gasteiger charge is -2.32. The third kappa shape index (κ3) is 7.56. The van der Waals surface area contributed by atoms with Crippen molar-refractivity contribution in [3.8, 4) is 0 Å². The molecule has 42 heavy (non-hydrogen) atoms. The molecule has 0 aliphatic heterocycles. The van der Waals surface area contributed by atoms with Crippen molar-refractivity contribution in [1.82, 2.24) is 5.32 Å². The van der Waals surface area contributed by atoms with Crippen molar-refractivity contribution in [3.05, 3.63) is 129 Å². The highest BCUT2D eigenvalue weighted by molar-refractivity contribution is 7.92. The normalized spacial score (nSPS) is 12.0. The topological polar surface area (TPSA) is 75.7 Å². The van der Waals surface area contributed by atoms with E-state index in [2.05, 4.69) is 5.32 Å². The molecule has 0 unspecified atom stereocenters. The SMILES string of the molecule is C[C@H](c1ccc(F)cc1COC(=O)NCCc1ccc(Cl)cc1)N(c1cc(F)ccc1F)S(=O)(=O)c1ccc(Cl)cc1. The zero-order valence-corrected chi connectivity index (χ0v) is 24.5. The predicted octanol–water partition coefficient (Wildman–Crippen LogP) is 7.84. The number of hydrogen-bond acceptors (Lipinski definition) is 4. The summed E-state index contributed by atoms with van der Waals surface area (Å²) in [6.45, 7) is 1.25. The Balaban J connectivity index is 1.61. The highest BCUT2D eigenvalue weighted by atomic mass is 35.5. The fraction of sp³-hybridized carbons (Fsp3) is 0.167. The number of alkyl carbamates (subject to hydrolysis) is 1. The van der Waals surface area contributed by atoms with Gasteiger partial charge in [-0.05, 0) is 90.7 Å². The number of nitrogens with one attached hydrogen (secondary N) is 1. The molecule has 0 radical (unpaired) electrons. The smallest absolute Gasteiger partial charge is 0.407 e. The zero-order valence-electron chi connectivity index (χ0n) is 22.2. The van der Waals surface area contributed by atoms with Crippen LogP contribution in [0, 0.1) is 17.5 Å². The minimum absolute atomic E-state index is 0.128. The number of anilines is 1. The molecule has 220 valence electrons. The van der Waals surface area contributed by atoms with Gasteiger partial charge in [-0.15, -0.1) is 0 Å². The molecule has 1 amide bonds. The molecule has 1 atom stereocenters. The van der Waals surface area contributed by atoms with E-state index in [1.807, 2.05) is 12.1 Å². The van der Waals surface area contributed by atoms with Gasteiger partial charge in [0, 0.05) is 22.7 Å². The molecule has 0 fully saturated rings. The maximum Gasteiger partial charge on any atom is 0.407 e. The molecule has 0 aromatic heterocycles. The Morgan fingerprint density at radius 3 is 2.14 bits per heavy atom. The summed E-state index contributed by atoms with van der Waals surface area (Å²) in [5, 5.41) is 3.46.